The number of hydrogen-bond donors (Lipinski definition) is 0. The van der Waals surface area contributed by atoms with Gasteiger partial charge in [-0.15, -0.1) is 0 Å². The van der Waals surface area contributed by atoms with Gasteiger partial charge in [0, 0.05) is 5.69 Å². The molecule has 0 radical (unpaired) electrons. The molecule has 0 saturated carbocycles. The predicted octanol–water partition coefficient (Wildman–Crippen LogP) is 3.82. The van der Waals surface area contributed by atoms with E-state index in [2.05, 4.69) is 5.10 Å². The Labute approximate surface area is 171 Å². The number of hydrazone groups is 1. The van der Waals surface area contributed by atoms with E-state index >= 15 is 0 Å². The van der Waals surface area contributed by atoms with Gasteiger partial charge in [0.15, 0.2) is 0 Å². The molecule has 0 N–H and O–H groups in total. The predicted molar refractivity (Wildman–Crippen MR) is 114 cm³/mol. The summed E-state index contributed by atoms with van der Waals surface area (Å²) in [5.41, 5.74) is 2.69. The minimum atomic E-state index is -0.907. The fourth-order valence-electron chi connectivity index (χ4n) is 3.08. The van der Waals surface area contributed by atoms with Crippen LogP contribution in [0.1, 0.15) is 12.5 Å². The molecule has 0 aliphatic carbocycles. The Hall–Kier alpha value is -2.45. The number of para-hydroxylation sites is 1. The van der Waals surface area contributed by atoms with Crippen molar-refractivity contribution in [3.8, 4) is 0 Å². The topological polar surface area (TPSA) is 62.2 Å². The summed E-state index contributed by atoms with van der Waals surface area (Å²) in [4.78, 5) is 27.0. The van der Waals surface area contributed by atoms with E-state index in [4.69, 9.17) is 4.74 Å². The van der Waals surface area contributed by atoms with Crippen molar-refractivity contribution >= 4 is 51.8 Å². The fourth-order valence-corrected chi connectivity index (χ4v) is 5.83. The minimum absolute atomic E-state index is 0.0267. The number of aryl methyl sites for hydroxylation is 1. The highest BCUT2D eigenvalue weighted by molar-refractivity contribution is 8.28. The number of rotatable bonds is 4. The molecule has 0 unspecified atom stereocenters. The lowest BCUT2D eigenvalue weighted by atomic mass is 10.2. The van der Waals surface area contributed by atoms with Crippen molar-refractivity contribution in [2.24, 2.45) is 5.10 Å². The summed E-state index contributed by atoms with van der Waals surface area (Å²) in [7, 11) is 0. The SMILES string of the molecule is CCOC(=O)C1=NN(c2ccc(C)cc2)[C@@]2(SCC(=O)N2c2ccccc2)S1. The maximum atomic E-state index is 12.9. The van der Waals surface area contributed by atoms with Crippen molar-refractivity contribution in [1.29, 1.82) is 0 Å². The quantitative estimate of drug-likeness (QED) is 0.710. The Bertz CT molecular complexity index is 933. The number of ether oxygens (including phenoxy) is 1. The van der Waals surface area contributed by atoms with E-state index in [1.54, 1.807) is 16.8 Å². The monoisotopic (exact) mass is 413 g/mol. The lowest BCUT2D eigenvalue weighted by Gasteiger charge is -2.39. The molecule has 1 amide bonds. The Balaban J connectivity index is 1.82. The van der Waals surface area contributed by atoms with Crippen LogP contribution in [0, 0.1) is 6.92 Å². The van der Waals surface area contributed by atoms with E-state index in [1.165, 1.54) is 23.5 Å². The Morgan fingerprint density at radius 2 is 1.86 bits per heavy atom. The number of carbonyl (C=O) groups excluding carboxylic acids is 2. The number of esters is 1. The summed E-state index contributed by atoms with van der Waals surface area (Å²) >= 11 is 2.70. The molecule has 0 aromatic heterocycles. The van der Waals surface area contributed by atoms with Crippen LogP contribution in [0.15, 0.2) is 59.7 Å². The van der Waals surface area contributed by atoms with E-state index in [-0.39, 0.29) is 17.6 Å². The molecule has 1 atom stereocenters. The first kappa shape index (κ1) is 18.9. The third kappa shape index (κ3) is 3.16. The second-order valence-electron chi connectivity index (χ2n) is 6.28. The largest absolute Gasteiger partial charge is 0.461 e. The fraction of sp³-hybridized carbons (Fsp3) is 0.250. The molecule has 2 aromatic rings. The van der Waals surface area contributed by atoms with Crippen molar-refractivity contribution in [1.82, 2.24) is 0 Å². The Kier molecular flexibility index (Phi) is 5.07. The van der Waals surface area contributed by atoms with Crippen LogP contribution in [0.3, 0.4) is 0 Å². The summed E-state index contributed by atoms with van der Waals surface area (Å²) in [5.74, 6) is -0.203. The van der Waals surface area contributed by atoms with Crippen LogP contribution < -0.4 is 9.91 Å². The van der Waals surface area contributed by atoms with Crippen LogP contribution in [0.25, 0.3) is 0 Å². The van der Waals surface area contributed by atoms with Crippen LogP contribution in [-0.2, 0) is 14.3 Å². The van der Waals surface area contributed by atoms with Crippen molar-refractivity contribution < 1.29 is 14.3 Å². The van der Waals surface area contributed by atoms with Gasteiger partial charge in [-0.05, 0) is 49.9 Å². The lowest BCUT2D eigenvalue weighted by Crippen LogP contribution is -2.51. The summed E-state index contributed by atoms with van der Waals surface area (Å²) in [6.07, 6.45) is 0. The maximum absolute atomic E-state index is 12.9. The number of carbonyl (C=O) groups is 2. The van der Waals surface area contributed by atoms with E-state index in [9.17, 15) is 9.59 Å². The molecule has 2 heterocycles. The van der Waals surface area contributed by atoms with Crippen LogP contribution in [-0.4, -0.2) is 33.6 Å². The average molecular weight is 414 g/mol. The molecule has 2 aliphatic heterocycles. The molecule has 4 rings (SSSR count). The first-order valence-corrected chi connectivity index (χ1v) is 10.7. The zero-order valence-electron chi connectivity index (χ0n) is 15.5. The van der Waals surface area contributed by atoms with Gasteiger partial charge in [0.2, 0.25) is 15.3 Å². The van der Waals surface area contributed by atoms with Crippen LogP contribution >= 0.6 is 23.5 Å². The minimum Gasteiger partial charge on any atom is -0.461 e. The van der Waals surface area contributed by atoms with Gasteiger partial charge in [-0.1, -0.05) is 47.7 Å². The van der Waals surface area contributed by atoms with Gasteiger partial charge in [-0.3, -0.25) is 9.69 Å². The van der Waals surface area contributed by atoms with Crippen LogP contribution in [0.4, 0.5) is 11.4 Å². The molecular weight excluding hydrogens is 394 g/mol. The highest BCUT2D eigenvalue weighted by Crippen LogP contribution is 2.55. The molecule has 1 spiro atoms. The summed E-state index contributed by atoms with van der Waals surface area (Å²) in [6.45, 7) is 4.04. The van der Waals surface area contributed by atoms with Gasteiger partial charge < -0.3 is 4.74 Å². The number of anilines is 2. The third-order valence-electron chi connectivity index (χ3n) is 4.35. The zero-order chi connectivity index (χ0) is 19.7. The number of benzene rings is 2. The molecule has 2 aromatic carbocycles. The van der Waals surface area contributed by atoms with Gasteiger partial charge in [-0.2, -0.15) is 5.10 Å². The molecule has 28 heavy (non-hydrogen) atoms. The van der Waals surface area contributed by atoms with E-state index in [0.29, 0.717) is 5.75 Å². The van der Waals surface area contributed by atoms with Gasteiger partial charge >= 0.3 is 5.97 Å². The molecule has 1 fully saturated rings. The Morgan fingerprint density at radius 1 is 1.14 bits per heavy atom. The van der Waals surface area contributed by atoms with Crippen molar-refractivity contribution in [2.75, 3.05) is 22.3 Å². The molecular formula is C20H19N3O3S2. The van der Waals surface area contributed by atoms with Gasteiger partial charge in [-0.25, -0.2) is 9.80 Å². The highest BCUT2D eigenvalue weighted by atomic mass is 32.2. The van der Waals surface area contributed by atoms with Crippen LogP contribution in [0.5, 0.6) is 0 Å². The van der Waals surface area contributed by atoms with E-state index in [0.717, 1.165) is 16.9 Å². The number of nitrogens with zero attached hydrogens (tertiary/aromatic N) is 3. The Morgan fingerprint density at radius 3 is 2.54 bits per heavy atom. The molecule has 1 saturated heterocycles. The van der Waals surface area contributed by atoms with E-state index < -0.39 is 10.3 Å². The van der Waals surface area contributed by atoms with Crippen molar-refractivity contribution in [2.45, 2.75) is 18.2 Å². The van der Waals surface area contributed by atoms with E-state index in [1.807, 2.05) is 61.5 Å². The second kappa shape index (κ2) is 7.52. The summed E-state index contributed by atoms with van der Waals surface area (Å²) < 4.78 is 4.26. The number of thioether (sulfide) groups is 2. The molecule has 8 heteroatoms. The molecule has 6 nitrogen and oxygen atoms in total. The molecule has 0 bridgehead atoms. The standard InChI is InChI=1S/C20H19N3O3S2/c1-3-26-19(25)18-21-23(16-11-9-14(2)10-12-16)20(28-18)22(17(24)13-27-20)15-7-5-4-6-8-15/h4-12H,3,13H2,1-2H3/t20-/m0/s1. The second-order valence-corrected chi connectivity index (χ2v) is 8.84. The van der Waals surface area contributed by atoms with Crippen molar-refractivity contribution in [3.63, 3.8) is 0 Å². The number of hydrogen-bond acceptors (Lipinski definition) is 7. The highest BCUT2D eigenvalue weighted by Gasteiger charge is 2.58. The normalized spacial score (nSPS) is 21.4. The summed E-state index contributed by atoms with van der Waals surface area (Å²) in [6, 6.07) is 17.3. The van der Waals surface area contributed by atoms with Crippen LogP contribution in [0.2, 0.25) is 0 Å². The first-order valence-electron chi connectivity index (χ1n) is 8.89. The number of amides is 1. The molecule has 144 valence electrons. The summed E-state index contributed by atoms with van der Waals surface area (Å²) in [5, 5.41) is 6.57. The van der Waals surface area contributed by atoms with Gasteiger partial charge in [0.1, 0.15) is 0 Å². The maximum Gasteiger partial charge on any atom is 0.365 e. The zero-order valence-corrected chi connectivity index (χ0v) is 17.1. The van der Waals surface area contributed by atoms with Crippen molar-refractivity contribution in [3.05, 3.63) is 60.2 Å². The third-order valence-corrected chi connectivity index (χ3v) is 7.14. The molecule has 2 aliphatic rings. The lowest BCUT2D eigenvalue weighted by molar-refractivity contribution is -0.134. The van der Waals surface area contributed by atoms with Gasteiger partial charge in [0.05, 0.1) is 18.0 Å². The average Bonchev–Trinajstić information content (AvgIpc) is 3.24. The smallest absolute Gasteiger partial charge is 0.365 e. The van der Waals surface area contributed by atoms with Gasteiger partial charge in [0.25, 0.3) is 0 Å². The first-order chi connectivity index (χ1) is 13.5.